The molecule has 0 aromatic heterocycles. The Morgan fingerprint density at radius 2 is 1.94 bits per heavy atom. The zero-order valence-electron chi connectivity index (χ0n) is 11.3. The van der Waals surface area contributed by atoms with Crippen LogP contribution in [0.1, 0.15) is 46.0 Å². The number of rotatable bonds is 8. The van der Waals surface area contributed by atoms with E-state index in [0.717, 1.165) is 32.1 Å². The summed E-state index contributed by atoms with van der Waals surface area (Å²) in [6.07, 6.45) is 4.47. The first-order chi connectivity index (χ1) is 8.41. The molecule has 0 saturated heterocycles. The number of carbonyl (C=O) groups is 2. The second kappa shape index (κ2) is 6.73. The highest BCUT2D eigenvalue weighted by atomic mass is 16.4. The van der Waals surface area contributed by atoms with Gasteiger partial charge in [0.25, 0.3) is 0 Å². The van der Waals surface area contributed by atoms with Crippen molar-refractivity contribution in [2.75, 3.05) is 6.54 Å². The van der Waals surface area contributed by atoms with Crippen LogP contribution in [0.25, 0.3) is 0 Å². The van der Waals surface area contributed by atoms with Crippen molar-refractivity contribution >= 4 is 11.9 Å². The van der Waals surface area contributed by atoms with Crippen LogP contribution in [-0.2, 0) is 9.59 Å². The van der Waals surface area contributed by atoms with Crippen molar-refractivity contribution in [2.24, 2.45) is 11.7 Å². The van der Waals surface area contributed by atoms with Crippen LogP contribution in [0, 0.1) is 5.92 Å². The average molecular weight is 256 g/mol. The molecule has 18 heavy (non-hydrogen) atoms. The van der Waals surface area contributed by atoms with E-state index in [1.54, 1.807) is 0 Å². The van der Waals surface area contributed by atoms with Gasteiger partial charge in [0.2, 0.25) is 5.91 Å². The molecule has 1 aliphatic carbocycles. The summed E-state index contributed by atoms with van der Waals surface area (Å²) in [5, 5.41) is 8.83. The summed E-state index contributed by atoms with van der Waals surface area (Å²) in [5.74, 6) is -1.06. The largest absolute Gasteiger partial charge is 0.480 e. The fourth-order valence-electron chi connectivity index (χ4n) is 2.07. The molecule has 0 aliphatic heterocycles. The fraction of sp³-hybridized carbons (Fsp3) is 0.846. The van der Waals surface area contributed by atoms with E-state index in [1.165, 1.54) is 4.90 Å². The van der Waals surface area contributed by atoms with Crippen molar-refractivity contribution in [2.45, 2.75) is 58.0 Å². The van der Waals surface area contributed by atoms with E-state index in [-0.39, 0.29) is 30.5 Å². The molecule has 0 aromatic carbocycles. The molecule has 2 atom stereocenters. The van der Waals surface area contributed by atoms with Gasteiger partial charge in [0.05, 0.1) is 0 Å². The number of hydrogen-bond acceptors (Lipinski definition) is 3. The third-order valence-electron chi connectivity index (χ3n) is 3.29. The zero-order valence-corrected chi connectivity index (χ0v) is 11.3. The number of hydrogen-bond donors (Lipinski definition) is 2. The predicted octanol–water partition coefficient (Wildman–Crippen LogP) is 1.22. The number of aliphatic carboxylic acids is 1. The molecule has 0 radical (unpaired) electrons. The summed E-state index contributed by atoms with van der Waals surface area (Å²) in [6, 6.07) is 0.315. The molecule has 104 valence electrons. The average Bonchev–Trinajstić information content (AvgIpc) is 3.07. The highest BCUT2D eigenvalue weighted by Crippen LogP contribution is 2.28. The number of carboxylic acid groups (broad SMARTS) is 1. The topological polar surface area (TPSA) is 83.6 Å². The number of carbonyl (C=O) groups excluding carboxylic acids is 1. The summed E-state index contributed by atoms with van der Waals surface area (Å²) >= 11 is 0. The summed E-state index contributed by atoms with van der Waals surface area (Å²) in [5.41, 5.74) is 5.67. The van der Waals surface area contributed by atoms with Crippen molar-refractivity contribution in [3.63, 3.8) is 0 Å². The molecule has 1 saturated carbocycles. The smallest absolute Gasteiger partial charge is 0.323 e. The van der Waals surface area contributed by atoms with Crippen LogP contribution >= 0.6 is 0 Å². The maximum atomic E-state index is 12.2. The Kier molecular flexibility index (Phi) is 5.59. The van der Waals surface area contributed by atoms with Gasteiger partial charge in [0.15, 0.2) is 0 Å². The summed E-state index contributed by atoms with van der Waals surface area (Å²) in [7, 11) is 0. The number of nitrogens with zero attached hydrogens (tertiary/aromatic N) is 1. The molecule has 3 N–H and O–H groups in total. The molecule has 0 bridgehead atoms. The van der Waals surface area contributed by atoms with E-state index in [9.17, 15) is 9.59 Å². The van der Waals surface area contributed by atoms with E-state index >= 15 is 0 Å². The zero-order chi connectivity index (χ0) is 13.7. The Labute approximate surface area is 108 Å². The van der Waals surface area contributed by atoms with Gasteiger partial charge in [-0.25, -0.2) is 0 Å². The predicted molar refractivity (Wildman–Crippen MR) is 69.0 cm³/mol. The van der Waals surface area contributed by atoms with Gasteiger partial charge in [-0.05, 0) is 32.6 Å². The third-order valence-corrected chi connectivity index (χ3v) is 3.29. The summed E-state index contributed by atoms with van der Waals surface area (Å²) in [6.45, 7) is 3.66. The number of carboxylic acids is 1. The van der Waals surface area contributed by atoms with Crippen molar-refractivity contribution in [1.82, 2.24) is 4.90 Å². The van der Waals surface area contributed by atoms with Gasteiger partial charge in [0.1, 0.15) is 6.54 Å². The maximum absolute atomic E-state index is 12.2. The first-order valence-electron chi connectivity index (χ1n) is 6.69. The van der Waals surface area contributed by atoms with Crippen LogP contribution in [0.2, 0.25) is 0 Å². The fourth-order valence-corrected chi connectivity index (χ4v) is 2.07. The van der Waals surface area contributed by atoms with Gasteiger partial charge < -0.3 is 15.7 Å². The lowest BCUT2D eigenvalue weighted by atomic mass is 10.0. The highest BCUT2D eigenvalue weighted by molar-refractivity contribution is 5.83. The Bertz CT molecular complexity index is 301. The van der Waals surface area contributed by atoms with E-state index in [0.29, 0.717) is 0 Å². The Morgan fingerprint density at radius 3 is 2.39 bits per heavy atom. The molecule has 5 heteroatoms. The molecule has 1 aliphatic rings. The maximum Gasteiger partial charge on any atom is 0.323 e. The number of nitrogens with two attached hydrogens (primary N) is 1. The molecule has 0 aromatic rings. The van der Waals surface area contributed by atoms with Gasteiger partial charge >= 0.3 is 5.97 Å². The Morgan fingerprint density at radius 1 is 1.33 bits per heavy atom. The quantitative estimate of drug-likeness (QED) is 0.684. The van der Waals surface area contributed by atoms with Gasteiger partial charge in [0, 0.05) is 18.0 Å². The summed E-state index contributed by atoms with van der Waals surface area (Å²) in [4.78, 5) is 24.5. The van der Waals surface area contributed by atoms with Crippen molar-refractivity contribution in [3.8, 4) is 0 Å². The lowest BCUT2D eigenvalue weighted by Gasteiger charge is -2.24. The standard InChI is InChI=1S/C13H24N2O3/c1-9(4-3-5-10(2)14)13(18)15(8-12(16)17)11-6-7-11/h9-11H,3-8,14H2,1-2H3,(H,16,17). The van der Waals surface area contributed by atoms with Crippen LogP contribution < -0.4 is 5.73 Å². The van der Waals surface area contributed by atoms with Crippen molar-refractivity contribution < 1.29 is 14.7 Å². The Balaban J connectivity index is 2.41. The minimum atomic E-state index is -0.932. The first kappa shape index (κ1) is 15.0. The van der Waals surface area contributed by atoms with E-state index < -0.39 is 5.97 Å². The Hall–Kier alpha value is -1.10. The van der Waals surface area contributed by atoms with E-state index in [2.05, 4.69) is 0 Å². The van der Waals surface area contributed by atoms with Crippen molar-refractivity contribution in [1.29, 1.82) is 0 Å². The lowest BCUT2D eigenvalue weighted by Crippen LogP contribution is -2.40. The lowest BCUT2D eigenvalue weighted by molar-refractivity contribution is -0.146. The van der Waals surface area contributed by atoms with Crippen LogP contribution in [0.4, 0.5) is 0 Å². The van der Waals surface area contributed by atoms with Crippen LogP contribution in [0.5, 0.6) is 0 Å². The third kappa shape index (κ3) is 5.04. The highest BCUT2D eigenvalue weighted by Gasteiger charge is 2.35. The van der Waals surface area contributed by atoms with Gasteiger partial charge in [-0.15, -0.1) is 0 Å². The van der Waals surface area contributed by atoms with Crippen LogP contribution in [-0.4, -0.2) is 40.5 Å². The monoisotopic (exact) mass is 256 g/mol. The van der Waals surface area contributed by atoms with E-state index in [1.807, 2.05) is 13.8 Å². The molecule has 0 spiro atoms. The molecular weight excluding hydrogens is 232 g/mol. The minimum absolute atomic E-state index is 0.0235. The van der Waals surface area contributed by atoms with Gasteiger partial charge in [-0.3, -0.25) is 9.59 Å². The van der Waals surface area contributed by atoms with Crippen LogP contribution in [0.3, 0.4) is 0 Å². The van der Waals surface area contributed by atoms with E-state index in [4.69, 9.17) is 10.8 Å². The van der Waals surface area contributed by atoms with Crippen LogP contribution in [0.15, 0.2) is 0 Å². The SMILES string of the molecule is CC(N)CCCC(C)C(=O)N(CC(=O)O)C1CC1. The van der Waals surface area contributed by atoms with Crippen molar-refractivity contribution in [3.05, 3.63) is 0 Å². The molecule has 2 unspecified atom stereocenters. The molecule has 1 rings (SSSR count). The number of amides is 1. The molecule has 1 amide bonds. The molecule has 5 nitrogen and oxygen atoms in total. The molecular formula is C13H24N2O3. The second-order valence-electron chi connectivity index (χ2n) is 5.40. The van der Waals surface area contributed by atoms with Gasteiger partial charge in [-0.1, -0.05) is 13.3 Å². The normalized spacial score (nSPS) is 18.2. The van der Waals surface area contributed by atoms with Gasteiger partial charge in [-0.2, -0.15) is 0 Å². The first-order valence-corrected chi connectivity index (χ1v) is 6.69. The minimum Gasteiger partial charge on any atom is -0.480 e. The summed E-state index contributed by atoms with van der Waals surface area (Å²) < 4.78 is 0. The second-order valence-corrected chi connectivity index (χ2v) is 5.40. The molecule has 0 heterocycles. The molecule has 1 fully saturated rings.